The fourth-order valence-corrected chi connectivity index (χ4v) is 18.0. The highest BCUT2D eigenvalue weighted by atomic mass is 14.4. The molecular formula is C102H192B24. The maximum absolute atomic E-state index is 2.50. The maximum Gasteiger partial charge on any atom is 0.143 e. The van der Waals surface area contributed by atoms with Crippen LogP contribution in [0.15, 0.2) is 72.3 Å². The summed E-state index contributed by atoms with van der Waals surface area (Å²) in [5.74, 6) is 20.9. The normalized spacial score (nSPS) is 28.1. The molecule has 9 aliphatic rings. The zero-order chi connectivity index (χ0) is 98.8. The minimum atomic E-state index is 0.355. The molecule has 3 fully saturated rings. The van der Waals surface area contributed by atoms with Crippen LogP contribution in [0.4, 0.5) is 0 Å². The minimum absolute atomic E-state index is 0.355. The van der Waals surface area contributed by atoms with Gasteiger partial charge in [0.05, 0.1) is 93.3 Å². The molecule has 16 atom stereocenters. The molecule has 9 heterocycles. The molecule has 9 rings (SSSR count). The monoisotopic (exact) mass is 1680 g/mol. The number of rotatable bonds is 0. The average molecular weight is 1680 g/mol. The second kappa shape index (κ2) is 49.0. The van der Waals surface area contributed by atoms with Crippen LogP contribution in [-0.4, -0.2) is 173 Å². The number of hydrogen-bond acceptors (Lipinski definition) is 0. The highest BCUT2D eigenvalue weighted by Gasteiger charge is 2.46. The van der Waals surface area contributed by atoms with E-state index in [0.717, 1.165) is 0 Å². The van der Waals surface area contributed by atoms with Crippen molar-refractivity contribution in [2.24, 2.45) is 109 Å². The summed E-state index contributed by atoms with van der Waals surface area (Å²) in [6.45, 7) is 125. The van der Waals surface area contributed by atoms with E-state index >= 15 is 0 Å². The van der Waals surface area contributed by atoms with Crippen molar-refractivity contribution in [3.05, 3.63) is 72.3 Å². The van der Waals surface area contributed by atoms with Crippen LogP contribution in [0, 0.1) is 109 Å². The van der Waals surface area contributed by atoms with Crippen LogP contribution in [0.2, 0.25) is 92.5 Å². The van der Waals surface area contributed by atoms with Gasteiger partial charge in [0.25, 0.3) is 0 Å². The fourth-order valence-electron chi connectivity index (χ4n) is 18.0. The van der Waals surface area contributed by atoms with Crippen molar-refractivity contribution in [1.82, 2.24) is 0 Å². The molecule has 0 aliphatic carbocycles. The molecule has 0 bridgehead atoms. The van der Waals surface area contributed by atoms with Gasteiger partial charge >= 0.3 is 0 Å². The van der Waals surface area contributed by atoms with Crippen molar-refractivity contribution in [1.29, 1.82) is 0 Å². The molecule has 3 saturated heterocycles. The first-order valence-electron chi connectivity index (χ1n) is 50.2. The van der Waals surface area contributed by atoms with Crippen LogP contribution in [0.3, 0.4) is 0 Å². The molecule has 24 radical (unpaired) electrons. The molecule has 24 heteroatoms. The van der Waals surface area contributed by atoms with E-state index in [1.54, 1.807) is 0 Å². The van der Waals surface area contributed by atoms with Crippen LogP contribution in [-0.2, 0) is 0 Å². The van der Waals surface area contributed by atoms with Crippen molar-refractivity contribution in [3.63, 3.8) is 0 Å². The summed E-state index contributed by atoms with van der Waals surface area (Å²) in [7, 11) is 56.3. The molecule has 0 saturated carbocycles. The van der Waals surface area contributed by atoms with E-state index in [9.17, 15) is 0 Å². The van der Waals surface area contributed by atoms with Gasteiger partial charge in [-0.15, -0.1) is 59.4 Å². The third kappa shape index (κ3) is 46.0. The Bertz CT molecular complexity index is 3000. The lowest BCUT2D eigenvalue weighted by atomic mass is 8.97. The summed E-state index contributed by atoms with van der Waals surface area (Å²) in [4.78, 5) is 0. The molecule has 126 heavy (non-hydrogen) atoms. The SMILES string of the molecule is CC(C)(C)C1[B]C=CC(C(C)(C)C)[B]1.CC(C)(C)C1[B]C=CC(C(C)(C)C)[B]1.CC(C)(C)C1[B]C=C[B]C1C(C)(C)C.CC(C)(C)C1[B][B]C(C(C)(C)C)C=C1.CC(C)(C)C1[B][B]C(C(C)(C)C)[B][B]1.CC(C)(C)C1[B][B]C=CC1C(C)(C)C.CC(C)(C)C1[B][B]C=CC1C(C)(C)C.CC(C)(C)C1[B][B][B]C(C(C)(C)C)[B]1.CC(C)(C)C1[B][B][B][B]C1C(C)(C)C. The molecule has 0 aromatic carbocycles. The molecule has 0 aromatic heterocycles. The predicted octanol–water partition coefficient (Wildman–Crippen LogP) is 27.6. The Morgan fingerprint density at radius 2 is 0.389 bits per heavy atom. The third-order valence-corrected chi connectivity index (χ3v) is 27.8. The summed E-state index contributed by atoms with van der Waals surface area (Å²) in [5.41, 5.74) is 10.1. The Morgan fingerprint density at radius 3 is 0.587 bits per heavy atom. The van der Waals surface area contributed by atoms with E-state index in [1.165, 1.54) is 0 Å². The molecule has 0 nitrogen and oxygen atoms in total. The van der Waals surface area contributed by atoms with Crippen LogP contribution in [0.1, 0.15) is 374 Å². The average Bonchev–Trinajstić information content (AvgIpc) is 0.796. The van der Waals surface area contributed by atoms with Gasteiger partial charge < -0.3 is 0 Å². The van der Waals surface area contributed by atoms with Crippen molar-refractivity contribution in [3.8, 4) is 0 Å². The Hall–Kier alpha value is -0.00156. The van der Waals surface area contributed by atoms with Crippen LogP contribution >= 0.6 is 0 Å². The second-order valence-electron chi connectivity index (χ2n) is 59.0. The van der Waals surface area contributed by atoms with E-state index in [0.29, 0.717) is 202 Å². The largest absolute Gasteiger partial charge is 0.143 e. The summed E-state index contributed by atoms with van der Waals surface area (Å²) >= 11 is 0. The number of allylic oxidation sites excluding steroid dienone is 6. The Balaban J connectivity index is 0.000000709. The van der Waals surface area contributed by atoms with Gasteiger partial charge in [-0.05, 0) is 110 Å². The van der Waals surface area contributed by atoms with Crippen molar-refractivity contribution in [2.45, 2.75) is 466 Å². The molecule has 0 spiro atoms. The first-order chi connectivity index (χ1) is 56.0. The Morgan fingerprint density at radius 1 is 0.143 bits per heavy atom. The van der Waals surface area contributed by atoms with Crippen molar-refractivity contribution in [2.75, 3.05) is 0 Å². The summed E-state index contributed by atoms with van der Waals surface area (Å²) in [5, 5.41) is 0. The second-order valence-corrected chi connectivity index (χ2v) is 59.0. The van der Waals surface area contributed by atoms with Crippen LogP contribution in [0.25, 0.3) is 0 Å². The van der Waals surface area contributed by atoms with Crippen LogP contribution < -0.4 is 0 Å². The summed E-state index contributed by atoms with van der Waals surface area (Å²) in [6, 6.07) is 0. The van der Waals surface area contributed by atoms with Crippen molar-refractivity contribution >= 4 is 173 Å². The van der Waals surface area contributed by atoms with Gasteiger partial charge in [0, 0.05) is 35.5 Å². The molecule has 16 unspecified atom stereocenters. The molecule has 672 valence electrons. The van der Waals surface area contributed by atoms with Gasteiger partial charge in [-0.25, -0.2) is 0 Å². The van der Waals surface area contributed by atoms with Crippen molar-refractivity contribution < 1.29 is 0 Å². The van der Waals surface area contributed by atoms with E-state index in [-0.39, 0.29) is 0 Å². The Kier molecular flexibility index (Phi) is 48.2. The van der Waals surface area contributed by atoms with Crippen LogP contribution in [0.5, 0.6) is 0 Å². The smallest absolute Gasteiger partial charge is 0.136 e. The lowest BCUT2D eigenvalue weighted by molar-refractivity contribution is 0.207. The van der Waals surface area contributed by atoms with Gasteiger partial charge in [0.1, 0.15) is 43.7 Å². The standard InChI is InChI=1S/6C12H22B2.3C10H20B4/c1-11(2,3)9-10(12(4,5)6)14-8-7-13-9;2*1-11(2,3)9-7-8-13-10(14-9)12(4,5)6;2*1-11(2,3)9-7-8-13-14-10(9)12(4,5)6;1-11(2,3)9-7-8-10(14-13-9)12(4,5)6;1-9(2,3)7-11-13-8(14-12-7)10(4,5)6;1-9(2,3)7-11-8(10(4,5)6)13-14-12-7;1-9(2,3)7-8(10(4,5)6)12-14-13-11-7/h6*7-10H,1-6H3;3*7-8H,1-6H3. The molecule has 0 aromatic rings. The predicted molar refractivity (Wildman–Crippen MR) is 610 cm³/mol. The zero-order valence-corrected chi connectivity index (χ0v) is 94.2. The van der Waals surface area contributed by atoms with Gasteiger partial charge in [-0.1, -0.05) is 478 Å². The summed E-state index contributed by atoms with van der Waals surface area (Å²) in [6.07, 6.45) is 14.1. The molecule has 0 N–H and O–H groups in total. The lowest BCUT2D eigenvalue weighted by Gasteiger charge is -2.47. The highest BCUT2D eigenvalue weighted by Crippen LogP contribution is 2.54. The first kappa shape index (κ1) is 124. The summed E-state index contributed by atoms with van der Waals surface area (Å²) < 4.78 is 0. The lowest BCUT2D eigenvalue weighted by Crippen LogP contribution is -2.45. The van der Waals surface area contributed by atoms with Gasteiger partial charge in [-0.2, -0.15) is 0 Å². The van der Waals surface area contributed by atoms with Gasteiger partial charge in [-0.3, -0.25) is 0 Å². The quantitative estimate of drug-likeness (QED) is 0.168. The molecule has 0 amide bonds. The van der Waals surface area contributed by atoms with E-state index in [1.807, 2.05) is 0 Å². The number of hydrogen-bond donors (Lipinski definition) is 0. The van der Waals surface area contributed by atoms with Gasteiger partial charge in [0.2, 0.25) is 0 Å². The maximum atomic E-state index is 2.50. The Labute approximate surface area is 814 Å². The fraction of sp³-hybridized carbons (Fsp3) is 0.882. The van der Waals surface area contributed by atoms with E-state index < -0.39 is 0 Å². The topological polar surface area (TPSA) is 0 Å². The van der Waals surface area contributed by atoms with E-state index in [2.05, 4.69) is 619 Å². The van der Waals surface area contributed by atoms with E-state index in [4.69, 9.17) is 0 Å². The zero-order valence-electron chi connectivity index (χ0n) is 94.2. The molecular weight excluding hydrogens is 1480 g/mol. The highest BCUT2D eigenvalue weighted by molar-refractivity contribution is 7.46. The minimum Gasteiger partial charge on any atom is -0.136 e. The molecule has 9 aliphatic heterocycles. The first-order valence-corrected chi connectivity index (χ1v) is 50.2. The van der Waals surface area contributed by atoms with Gasteiger partial charge in [0.15, 0.2) is 0 Å². The third-order valence-electron chi connectivity index (χ3n) is 27.8.